The van der Waals surface area contributed by atoms with E-state index < -0.39 is 0 Å². The summed E-state index contributed by atoms with van der Waals surface area (Å²) in [7, 11) is 3.72. The van der Waals surface area contributed by atoms with E-state index in [1.54, 1.807) is 7.11 Å². The Bertz CT molecular complexity index is 975. The zero-order chi connectivity index (χ0) is 20.3. The second-order valence-corrected chi connectivity index (χ2v) is 9.66. The minimum atomic E-state index is -0.342. The van der Waals surface area contributed by atoms with Gasteiger partial charge in [-0.15, -0.1) is 0 Å². The normalized spacial score (nSPS) is 34.6. The highest BCUT2D eigenvalue weighted by Gasteiger charge is 2.56. The lowest BCUT2D eigenvalue weighted by Gasteiger charge is -2.49. The number of rotatable bonds is 2. The van der Waals surface area contributed by atoms with Gasteiger partial charge in [0.25, 0.3) is 0 Å². The molecule has 0 spiro atoms. The van der Waals surface area contributed by atoms with E-state index in [0.29, 0.717) is 17.8 Å². The molecule has 29 heavy (non-hydrogen) atoms. The van der Waals surface area contributed by atoms with Crippen LogP contribution in [0.15, 0.2) is 30.0 Å². The summed E-state index contributed by atoms with van der Waals surface area (Å²) in [5.41, 5.74) is 6.49. The number of nitrogens with zero attached hydrogens (tertiary/aromatic N) is 2. The van der Waals surface area contributed by atoms with E-state index in [2.05, 4.69) is 43.2 Å². The molecule has 2 saturated carbocycles. The van der Waals surface area contributed by atoms with Gasteiger partial charge in [-0.2, -0.15) is 5.10 Å². The van der Waals surface area contributed by atoms with Gasteiger partial charge in [-0.1, -0.05) is 13.0 Å². The van der Waals surface area contributed by atoms with Crippen LogP contribution in [0.1, 0.15) is 60.9 Å². The SMILES string of the molecule is COc1ccc2c(c1)CC[C@@H]1[C@H]2CC[C@]2(C)[C@H](O)/C(=C/c3cnn(C)c3C)C[C@@H]12. The summed E-state index contributed by atoms with van der Waals surface area (Å²) in [6, 6.07) is 6.66. The molecular formula is C25H32N2O2. The highest BCUT2D eigenvalue weighted by molar-refractivity contribution is 5.57. The maximum absolute atomic E-state index is 11.3. The molecule has 1 N–H and O–H groups in total. The maximum atomic E-state index is 11.3. The van der Waals surface area contributed by atoms with Crippen LogP contribution in [-0.2, 0) is 13.5 Å². The number of aliphatic hydroxyl groups excluding tert-OH is 1. The average Bonchev–Trinajstić information content (AvgIpc) is 3.18. The molecule has 154 valence electrons. The van der Waals surface area contributed by atoms with Gasteiger partial charge in [-0.05, 0) is 91.7 Å². The Morgan fingerprint density at radius 2 is 2.14 bits per heavy atom. The molecule has 1 aromatic heterocycles. The Kier molecular flexibility index (Phi) is 4.39. The van der Waals surface area contributed by atoms with Crippen LogP contribution < -0.4 is 4.74 Å². The van der Waals surface area contributed by atoms with Crippen molar-refractivity contribution in [1.29, 1.82) is 0 Å². The topological polar surface area (TPSA) is 47.3 Å². The molecule has 2 aromatic rings. The predicted octanol–water partition coefficient (Wildman–Crippen LogP) is 4.65. The summed E-state index contributed by atoms with van der Waals surface area (Å²) in [4.78, 5) is 0. The molecular weight excluding hydrogens is 360 g/mol. The standard InChI is InChI=1S/C25H32N2O2/c1-15-18(14-26-27(15)3)11-17-13-23-22-7-5-16-12-19(29-4)6-8-20(16)21(22)9-10-25(23,2)24(17)28/h6,8,11-12,14,21-24,28H,5,7,9-10,13H2,1-4H3/b17-11+/t21-,22+,23-,24+,25-/m0/s1. The highest BCUT2D eigenvalue weighted by atomic mass is 16.5. The summed E-state index contributed by atoms with van der Waals surface area (Å²) in [5.74, 6) is 2.80. The van der Waals surface area contributed by atoms with Gasteiger partial charge in [0, 0.05) is 23.7 Å². The van der Waals surface area contributed by atoms with Gasteiger partial charge in [-0.3, -0.25) is 4.68 Å². The highest BCUT2D eigenvalue weighted by Crippen LogP contribution is 2.62. The smallest absolute Gasteiger partial charge is 0.119 e. The lowest BCUT2D eigenvalue weighted by Crippen LogP contribution is -2.44. The van der Waals surface area contributed by atoms with Crippen LogP contribution >= 0.6 is 0 Å². The number of fused-ring (bicyclic) bond motifs is 5. The Morgan fingerprint density at radius 1 is 1.31 bits per heavy atom. The van der Waals surface area contributed by atoms with Crippen LogP contribution in [0.5, 0.6) is 5.75 Å². The number of hydrogen-bond donors (Lipinski definition) is 1. The van der Waals surface area contributed by atoms with Crippen LogP contribution in [0.3, 0.4) is 0 Å². The molecule has 0 saturated heterocycles. The van der Waals surface area contributed by atoms with E-state index in [1.807, 2.05) is 17.9 Å². The van der Waals surface area contributed by atoms with Crippen molar-refractivity contribution in [1.82, 2.24) is 9.78 Å². The van der Waals surface area contributed by atoms with Crippen molar-refractivity contribution in [3.05, 3.63) is 52.4 Å². The lowest BCUT2D eigenvalue weighted by atomic mass is 9.55. The number of aliphatic hydroxyl groups is 1. The first-order valence-corrected chi connectivity index (χ1v) is 11.0. The van der Waals surface area contributed by atoms with Crippen molar-refractivity contribution >= 4 is 6.08 Å². The van der Waals surface area contributed by atoms with Crippen LogP contribution in [0.4, 0.5) is 0 Å². The Morgan fingerprint density at radius 3 is 2.86 bits per heavy atom. The molecule has 5 atom stereocenters. The Hall–Kier alpha value is -2.07. The van der Waals surface area contributed by atoms with Crippen LogP contribution in [-0.4, -0.2) is 28.1 Å². The van der Waals surface area contributed by atoms with Gasteiger partial charge in [0.1, 0.15) is 5.75 Å². The van der Waals surface area contributed by atoms with E-state index in [0.717, 1.165) is 36.3 Å². The zero-order valence-corrected chi connectivity index (χ0v) is 18.0. The van der Waals surface area contributed by atoms with Crippen molar-refractivity contribution < 1.29 is 9.84 Å². The molecule has 3 aliphatic carbocycles. The van der Waals surface area contributed by atoms with Gasteiger partial charge in [0.2, 0.25) is 0 Å². The second-order valence-electron chi connectivity index (χ2n) is 9.66. The van der Waals surface area contributed by atoms with Crippen molar-refractivity contribution in [3.63, 3.8) is 0 Å². The molecule has 0 amide bonds. The lowest BCUT2D eigenvalue weighted by molar-refractivity contribution is -0.0158. The minimum absolute atomic E-state index is 0.00686. The van der Waals surface area contributed by atoms with E-state index in [1.165, 1.54) is 29.5 Å². The van der Waals surface area contributed by atoms with Crippen LogP contribution in [0.25, 0.3) is 6.08 Å². The number of ether oxygens (including phenoxy) is 1. The molecule has 0 bridgehead atoms. The molecule has 4 heteroatoms. The molecule has 0 aliphatic heterocycles. The van der Waals surface area contributed by atoms with Crippen molar-refractivity contribution in [2.75, 3.05) is 7.11 Å². The quantitative estimate of drug-likeness (QED) is 0.809. The molecule has 2 fully saturated rings. The fourth-order valence-electron chi connectivity index (χ4n) is 6.54. The van der Waals surface area contributed by atoms with Crippen molar-refractivity contribution in [3.8, 4) is 5.75 Å². The third-order valence-electron chi connectivity index (χ3n) is 8.42. The molecule has 3 aliphatic rings. The largest absolute Gasteiger partial charge is 0.497 e. The van der Waals surface area contributed by atoms with E-state index in [9.17, 15) is 5.11 Å². The molecule has 5 rings (SSSR count). The second kappa shape index (κ2) is 6.73. The Labute approximate surface area is 173 Å². The molecule has 1 aromatic carbocycles. The summed E-state index contributed by atoms with van der Waals surface area (Å²) in [6.45, 7) is 4.43. The zero-order valence-electron chi connectivity index (χ0n) is 18.0. The van der Waals surface area contributed by atoms with Gasteiger partial charge in [-0.25, -0.2) is 0 Å². The summed E-state index contributed by atoms with van der Waals surface area (Å²) < 4.78 is 7.36. The molecule has 0 radical (unpaired) electrons. The number of hydrogen-bond acceptors (Lipinski definition) is 3. The van der Waals surface area contributed by atoms with Crippen LogP contribution in [0, 0.1) is 24.2 Å². The summed E-state index contributed by atoms with van der Waals surface area (Å²) in [6.07, 6.45) is 9.42. The monoisotopic (exact) mass is 392 g/mol. The van der Waals surface area contributed by atoms with Gasteiger partial charge >= 0.3 is 0 Å². The summed E-state index contributed by atoms with van der Waals surface area (Å²) in [5, 5.41) is 15.7. The maximum Gasteiger partial charge on any atom is 0.119 e. The fraction of sp³-hybridized carbons (Fsp3) is 0.560. The molecule has 4 nitrogen and oxygen atoms in total. The minimum Gasteiger partial charge on any atom is -0.497 e. The van der Waals surface area contributed by atoms with Gasteiger partial charge < -0.3 is 9.84 Å². The number of aromatic nitrogens is 2. The van der Waals surface area contributed by atoms with E-state index in [-0.39, 0.29) is 11.5 Å². The number of benzene rings is 1. The first kappa shape index (κ1) is 18.9. The van der Waals surface area contributed by atoms with E-state index in [4.69, 9.17) is 4.74 Å². The van der Waals surface area contributed by atoms with Gasteiger partial charge in [0.05, 0.1) is 19.4 Å². The average molecular weight is 393 g/mol. The van der Waals surface area contributed by atoms with Gasteiger partial charge in [0.15, 0.2) is 0 Å². The number of methoxy groups -OCH3 is 1. The van der Waals surface area contributed by atoms with Crippen LogP contribution in [0.2, 0.25) is 0 Å². The van der Waals surface area contributed by atoms with Crippen molar-refractivity contribution in [2.24, 2.45) is 24.3 Å². The summed E-state index contributed by atoms with van der Waals surface area (Å²) >= 11 is 0. The molecule has 1 heterocycles. The number of aryl methyl sites for hydroxylation is 2. The first-order valence-electron chi connectivity index (χ1n) is 11.0. The molecule has 0 unspecified atom stereocenters. The Balaban J connectivity index is 1.48. The van der Waals surface area contributed by atoms with E-state index >= 15 is 0 Å². The third kappa shape index (κ3) is 2.79. The predicted molar refractivity (Wildman–Crippen MR) is 115 cm³/mol. The fourth-order valence-corrected chi connectivity index (χ4v) is 6.54. The first-order chi connectivity index (χ1) is 13.9. The van der Waals surface area contributed by atoms with Crippen molar-refractivity contribution in [2.45, 2.75) is 58.0 Å². The third-order valence-corrected chi connectivity index (χ3v) is 8.42.